The standard InChI is InChI=1S/C16H25N3/c1-6-18-11-13-7-8-15(14(9-13)10-17)19(5)12-16(2,3)4/h7-9,18H,6,11-12H2,1-5H3. The third-order valence-electron chi connectivity index (χ3n) is 2.88. The lowest BCUT2D eigenvalue weighted by molar-refractivity contribution is 0.419. The normalized spacial score (nSPS) is 11.2. The molecule has 104 valence electrons. The molecule has 3 heteroatoms. The van der Waals surface area contributed by atoms with Gasteiger partial charge in [-0.3, -0.25) is 0 Å². The summed E-state index contributed by atoms with van der Waals surface area (Å²) < 4.78 is 0. The Hall–Kier alpha value is -1.53. The van der Waals surface area contributed by atoms with E-state index in [-0.39, 0.29) is 5.41 Å². The van der Waals surface area contributed by atoms with E-state index in [1.165, 1.54) is 0 Å². The molecule has 0 bridgehead atoms. The molecule has 1 N–H and O–H groups in total. The summed E-state index contributed by atoms with van der Waals surface area (Å²) in [7, 11) is 2.05. The molecule has 0 radical (unpaired) electrons. The highest BCUT2D eigenvalue weighted by atomic mass is 15.1. The molecule has 0 spiro atoms. The minimum Gasteiger partial charge on any atom is -0.373 e. The SMILES string of the molecule is CCNCc1ccc(N(C)CC(C)(C)C)c(C#N)c1. The highest BCUT2D eigenvalue weighted by molar-refractivity contribution is 5.60. The molecule has 1 rings (SSSR count). The van der Waals surface area contributed by atoms with Gasteiger partial charge in [0.1, 0.15) is 6.07 Å². The fourth-order valence-electron chi connectivity index (χ4n) is 2.18. The van der Waals surface area contributed by atoms with Crippen LogP contribution < -0.4 is 10.2 Å². The summed E-state index contributed by atoms with van der Waals surface area (Å²) in [6.45, 7) is 11.4. The van der Waals surface area contributed by atoms with Crippen LogP contribution in [0.4, 0.5) is 5.69 Å². The monoisotopic (exact) mass is 259 g/mol. The maximum atomic E-state index is 9.32. The lowest BCUT2D eigenvalue weighted by atomic mass is 9.95. The van der Waals surface area contributed by atoms with Crippen molar-refractivity contribution in [3.63, 3.8) is 0 Å². The molecule has 0 saturated carbocycles. The Morgan fingerprint density at radius 3 is 2.53 bits per heavy atom. The fraction of sp³-hybridized carbons (Fsp3) is 0.562. The van der Waals surface area contributed by atoms with Crippen LogP contribution in [0, 0.1) is 16.7 Å². The summed E-state index contributed by atoms with van der Waals surface area (Å²) in [5, 5.41) is 12.6. The van der Waals surface area contributed by atoms with Crippen LogP contribution in [-0.4, -0.2) is 20.1 Å². The van der Waals surface area contributed by atoms with Crippen molar-refractivity contribution in [3.05, 3.63) is 29.3 Å². The van der Waals surface area contributed by atoms with Crippen LogP contribution in [0.25, 0.3) is 0 Å². The summed E-state index contributed by atoms with van der Waals surface area (Å²) in [5.41, 5.74) is 3.13. The molecule has 3 nitrogen and oxygen atoms in total. The molecule has 0 heterocycles. The topological polar surface area (TPSA) is 39.1 Å². The smallest absolute Gasteiger partial charge is 0.101 e. The van der Waals surface area contributed by atoms with E-state index in [9.17, 15) is 5.26 Å². The molecule has 19 heavy (non-hydrogen) atoms. The van der Waals surface area contributed by atoms with E-state index in [1.54, 1.807) is 0 Å². The van der Waals surface area contributed by atoms with Gasteiger partial charge in [-0.2, -0.15) is 5.26 Å². The van der Waals surface area contributed by atoms with Gasteiger partial charge in [0.05, 0.1) is 11.3 Å². The molecule has 0 aromatic heterocycles. The number of nitrogens with one attached hydrogen (secondary N) is 1. The zero-order valence-corrected chi connectivity index (χ0v) is 12.7. The van der Waals surface area contributed by atoms with Gasteiger partial charge >= 0.3 is 0 Å². The van der Waals surface area contributed by atoms with E-state index in [0.29, 0.717) is 0 Å². The van der Waals surface area contributed by atoms with Crippen LogP contribution >= 0.6 is 0 Å². The third-order valence-corrected chi connectivity index (χ3v) is 2.88. The van der Waals surface area contributed by atoms with Crippen LogP contribution in [0.5, 0.6) is 0 Å². The molecular formula is C16H25N3. The Kier molecular flexibility index (Phi) is 5.38. The first kappa shape index (κ1) is 15.5. The number of rotatable bonds is 5. The summed E-state index contributed by atoms with van der Waals surface area (Å²) in [4.78, 5) is 2.16. The second-order valence-electron chi connectivity index (χ2n) is 6.16. The minimum absolute atomic E-state index is 0.212. The van der Waals surface area contributed by atoms with Crippen molar-refractivity contribution in [2.45, 2.75) is 34.2 Å². The molecule has 0 aliphatic heterocycles. The largest absolute Gasteiger partial charge is 0.373 e. The van der Waals surface area contributed by atoms with E-state index in [4.69, 9.17) is 0 Å². The van der Waals surface area contributed by atoms with Gasteiger partial charge in [0.15, 0.2) is 0 Å². The highest BCUT2D eigenvalue weighted by Gasteiger charge is 2.16. The summed E-state index contributed by atoms with van der Waals surface area (Å²) >= 11 is 0. The van der Waals surface area contributed by atoms with Gasteiger partial charge in [-0.25, -0.2) is 0 Å². The van der Waals surface area contributed by atoms with Gasteiger partial charge in [0.25, 0.3) is 0 Å². The maximum absolute atomic E-state index is 9.32. The second kappa shape index (κ2) is 6.58. The Balaban J connectivity index is 2.93. The van der Waals surface area contributed by atoms with Crippen LogP contribution in [-0.2, 0) is 6.54 Å². The van der Waals surface area contributed by atoms with Crippen molar-refractivity contribution in [2.24, 2.45) is 5.41 Å². The number of benzene rings is 1. The van der Waals surface area contributed by atoms with E-state index in [2.05, 4.69) is 56.1 Å². The molecule has 0 aliphatic rings. The molecule has 0 unspecified atom stereocenters. The second-order valence-corrected chi connectivity index (χ2v) is 6.16. The number of anilines is 1. The van der Waals surface area contributed by atoms with Crippen LogP contribution in [0.1, 0.15) is 38.8 Å². The first-order valence-electron chi connectivity index (χ1n) is 6.82. The van der Waals surface area contributed by atoms with Gasteiger partial charge in [-0.1, -0.05) is 33.8 Å². The lowest BCUT2D eigenvalue weighted by Crippen LogP contribution is -2.29. The first-order valence-corrected chi connectivity index (χ1v) is 6.82. The van der Waals surface area contributed by atoms with Crippen molar-refractivity contribution < 1.29 is 0 Å². The Labute approximate surface area is 117 Å². The van der Waals surface area contributed by atoms with Crippen molar-refractivity contribution >= 4 is 5.69 Å². The van der Waals surface area contributed by atoms with Gasteiger partial charge in [0, 0.05) is 20.1 Å². The van der Waals surface area contributed by atoms with Gasteiger partial charge in [-0.05, 0) is 29.7 Å². The van der Waals surface area contributed by atoms with Crippen molar-refractivity contribution in [3.8, 4) is 6.07 Å². The first-order chi connectivity index (χ1) is 8.87. The number of nitriles is 1. The molecule has 1 aromatic carbocycles. The molecule has 0 aliphatic carbocycles. The Bertz CT molecular complexity index is 452. The fourth-order valence-corrected chi connectivity index (χ4v) is 2.18. The quantitative estimate of drug-likeness (QED) is 0.883. The molecule has 0 fully saturated rings. The zero-order chi connectivity index (χ0) is 14.5. The average molecular weight is 259 g/mol. The Morgan fingerprint density at radius 1 is 1.32 bits per heavy atom. The van der Waals surface area contributed by atoms with E-state index < -0.39 is 0 Å². The number of nitrogens with zero attached hydrogens (tertiary/aromatic N) is 2. The van der Waals surface area contributed by atoms with Gasteiger partial charge in [0.2, 0.25) is 0 Å². The number of hydrogen-bond acceptors (Lipinski definition) is 3. The van der Waals surface area contributed by atoms with Crippen molar-refractivity contribution in [2.75, 3.05) is 25.0 Å². The van der Waals surface area contributed by atoms with Crippen molar-refractivity contribution in [1.82, 2.24) is 5.32 Å². The third kappa shape index (κ3) is 4.92. The van der Waals surface area contributed by atoms with E-state index in [1.807, 2.05) is 13.1 Å². The molecular weight excluding hydrogens is 234 g/mol. The van der Waals surface area contributed by atoms with Gasteiger partial charge < -0.3 is 10.2 Å². The van der Waals surface area contributed by atoms with E-state index >= 15 is 0 Å². The predicted molar refractivity (Wildman–Crippen MR) is 81.3 cm³/mol. The van der Waals surface area contributed by atoms with Gasteiger partial charge in [-0.15, -0.1) is 0 Å². The summed E-state index contributed by atoms with van der Waals surface area (Å²) in [5.74, 6) is 0. The van der Waals surface area contributed by atoms with Crippen LogP contribution in [0.2, 0.25) is 0 Å². The molecule has 0 saturated heterocycles. The minimum atomic E-state index is 0.212. The summed E-state index contributed by atoms with van der Waals surface area (Å²) in [6, 6.07) is 8.44. The maximum Gasteiger partial charge on any atom is 0.101 e. The van der Waals surface area contributed by atoms with Crippen molar-refractivity contribution in [1.29, 1.82) is 5.26 Å². The van der Waals surface area contributed by atoms with Crippen LogP contribution in [0.15, 0.2) is 18.2 Å². The summed E-state index contributed by atoms with van der Waals surface area (Å²) in [6.07, 6.45) is 0. The number of hydrogen-bond donors (Lipinski definition) is 1. The highest BCUT2D eigenvalue weighted by Crippen LogP contribution is 2.24. The zero-order valence-electron chi connectivity index (χ0n) is 12.7. The lowest BCUT2D eigenvalue weighted by Gasteiger charge is -2.29. The van der Waals surface area contributed by atoms with Crippen LogP contribution in [0.3, 0.4) is 0 Å². The molecule has 1 aromatic rings. The molecule has 0 atom stereocenters. The average Bonchev–Trinajstić information content (AvgIpc) is 2.33. The predicted octanol–water partition coefficient (Wildman–Crippen LogP) is 3.15. The van der Waals surface area contributed by atoms with E-state index in [0.717, 1.165) is 36.4 Å². The molecule has 0 amide bonds. The Morgan fingerprint density at radius 2 is 2.00 bits per heavy atom.